The van der Waals surface area contributed by atoms with Gasteiger partial charge < -0.3 is 14.6 Å². The maximum Gasteiger partial charge on any atom is 0.176 e. The van der Waals surface area contributed by atoms with Crippen molar-refractivity contribution >= 4 is 31.9 Å². The molecule has 1 N–H and O–H groups in total. The lowest BCUT2D eigenvalue weighted by molar-refractivity contribution is 0.279. The Morgan fingerprint density at radius 1 is 1.21 bits per heavy atom. The quantitative estimate of drug-likeness (QED) is 0.928. The van der Waals surface area contributed by atoms with Gasteiger partial charge in [0.2, 0.25) is 0 Å². The first kappa shape index (κ1) is 11.8. The predicted molar refractivity (Wildman–Crippen MR) is 60.9 cm³/mol. The van der Waals surface area contributed by atoms with Crippen molar-refractivity contribution in [3.63, 3.8) is 0 Å². The molecule has 0 atom stereocenters. The second-order valence-electron chi connectivity index (χ2n) is 2.56. The maximum atomic E-state index is 9.08. The summed E-state index contributed by atoms with van der Waals surface area (Å²) in [5.74, 6) is 1.20. The first-order chi connectivity index (χ1) is 6.65. The zero-order valence-electron chi connectivity index (χ0n) is 7.80. The van der Waals surface area contributed by atoms with Crippen molar-refractivity contribution in [2.75, 3.05) is 14.2 Å². The molecule has 14 heavy (non-hydrogen) atoms. The van der Waals surface area contributed by atoms with Crippen LogP contribution < -0.4 is 9.47 Å². The highest BCUT2D eigenvalue weighted by atomic mass is 79.9. The molecule has 0 unspecified atom stereocenters. The summed E-state index contributed by atoms with van der Waals surface area (Å²) in [6, 6.07) is 1.73. The second-order valence-corrected chi connectivity index (χ2v) is 4.14. The largest absolute Gasteiger partial charge is 0.493 e. The van der Waals surface area contributed by atoms with E-state index in [2.05, 4.69) is 31.9 Å². The molecule has 1 aromatic carbocycles. The molecular weight excluding hydrogens is 316 g/mol. The van der Waals surface area contributed by atoms with Crippen LogP contribution in [0.2, 0.25) is 0 Å². The van der Waals surface area contributed by atoms with Gasteiger partial charge in [-0.25, -0.2) is 0 Å². The summed E-state index contributed by atoms with van der Waals surface area (Å²) in [5, 5.41) is 9.08. The van der Waals surface area contributed by atoms with Crippen molar-refractivity contribution in [1.82, 2.24) is 0 Å². The topological polar surface area (TPSA) is 38.7 Å². The molecule has 0 spiro atoms. The van der Waals surface area contributed by atoms with E-state index in [1.165, 1.54) is 0 Å². The Bertz CT molecular complexity index is 339. The number of aliphatic hydroxyl groups excluding tert-OH is 1. The number of hydrogen-bond acceptors (Lipinski definition) is 3. The highest BCUT2D eigenvalue weighted by molar-refractivity contribution is 9.13. The molecule has 0 fully saturated rings. The smallest absolute Gasteiger partial charge is 0.176 e. The van der Waals surface area contributed by atoms with Crippen molar-refractivity contribution in [2.45, 2.75) is 6.61 Å². The molecule has 0 amide bonds. The van der Waals surface area contributed by atoms with Crippen molar-refractivity contribution in [3.8, 4) is 11.5 Å². The molecule has 0 saturated heterocycles. The van der Waals surface area contributed by atoms with Crippen LogP contribution in [0.1, 0.15) is 5.56 Å². The minimum absolute atomic E-state index is 0.0560. The highest BCUT2D eigenvalue weighted by Gasteiger charge is 2.15. The molecule has 0 bridgehead atoms. The molecule has 0 aromatic heterocycles. The molecule has 1 aromatic rings. The van der Waals surface area contributed by atoms with E-state index in [-0.39, 0.29) is 6.61 Å². The van der Waals surface area contributed by atoms with E-state index in [4.69, 9.17) is 14.6 Å². The van der Waals surface area contributed by atoms with Crippen LogP contribution in [0.4, 0.5) is 0 Å². The molecule has 0 aliphatic rings. The van der Waals surface area contributed by atoms with Gasteiger partial charge in [-0.2, -0.15) is 0 Å². The predicted octanol–water partition coefficient (Wildman–Crippen LogP) is 2.72. The minimum atomic E-state index is -0.0560. The summed E-state index contributed by atoms with van der Waals surface area (Å²) >= 11 is 6.71. The normalized spacial score (nSPS) is 10.1. The summed E-state index contributed by atoms with van der Waals surface area (Å²) in [7, 11) is 3.12. The highest BCUT2D eigenvalue weighted by Crippen LogP contribution is 2.42. The molecule has 5 heteroatoms. The average molecular weight is 326 g/mol. The summed E-state index contributed by atoms with van der Waals surface area (Å²) in [5.41, 5.74) is 0.745. The van der Waals surface area contributed by atoms with Crippen LogP contribution in [0.5, 0.6) is 11.5 Å². The Morgan fingerprint density at radius 3 is 2.29 bits per heavy atom. The molecule has 78 valence electrons. The van der Waals surface area contributed by atoms with Gasteiger partial charge in [0.25, 0.3) is 0 Å². The molecule has 0 aliphatic carbocycles. The van der Waals surface area contributed by atoms with E-state index in [1.54, 1.807) is 20.3 Å². The minimum Gasteiger partial charge on any atom is -0.493 e. The molecule has 0 radical (unpaired) electrons. The number of aliphatic hydroxyl groups is 1. The Labute approximate surface area is 99.3 Å². The van der Waals surface area contributed by atoms with Crippen LogP contribution in [-0.4, -0.2) is 19.3 Å². The van der Waals surface area contributed by atoms with Gasteiger partial charge in [-0.3, -0.25) is 0 Å². The van der Waals surface area contributed by atoms with Crippen molar-refractivity contribution in [2.24, 2.45) is 0 Å². The third-order valence-electron chi connectivity index (χ3n) is 1.80. The lowest BCUT2D eigenvalue weighted by atomic mass is 10.2. The van der Waals surface area contributed by atoms with E-state index >= 15 is 0 Å². The molecule has 0 heterocycles. The Hall–Kier alpha value is -0.260. The average Bonchev–Trinajstić information content (AvgIpc) is 2.21. The lowest BCUT2D eigenvalue weighted by Gasteiger charge is -2.13. The summed E-state index contributed by atoms with van der Waals surface area (Å²) < 4.78 is 11.8. The van der Waals surface area contributed by atoms with Crippen molar-refractivity contribution in [1.29, 1.82) is 0 Å². The van der Waals surface area contributed by atoms with Crippen LogP contribution in [0, 0.1) is 0 Å². The molecule has 0 aliphatic heterocycles. The van der Waals surface area contributed by atoms with E-state index in [0.717, 1.165) is 14.5 Å². The Kier molecular flexibility index (Phi) is 4.22. The third-order valence-corrected chi connectivity index (χ3v) is 3.99. The SMILES string of the molecule is COc1cc(CO)c(Br)c(Br)c1OC. The number of benzene rings is 1. The van der Waals surface area contributed by atoms with Gasteiger partial charge in [-0.05, 0) is 43.5 Å². The van der Waals surface area contributed by atoms with Crippen molar-refractivity contribution < 1.29 is 14.6 Å². The summed E-state index contributed by atoms with van der Waals surface area (Å²) in [6.07, 6.45) is 0. The van der Waals surface area contributed by atoms with Crippen LogP contribution in [0.3, 0.4) is 0 Å². The zero-order valence-corrected chi connectivity index (χ0v) is 11.0. The number of halogens is 2. The molecule has 1 rings (SSSR count). The van der Waals surface area contributed by atoms with Gasteiger partial charge in [0.15, 0.2) is 11.5 Å². The zero-order chi connectivity index (χ0) is 10.7. The van der Waals surface area contributed by atoms with E-state index in [0.29, 0.717) is 11.5 Å². The molecule has 3 nitrogen and oxygen atoms in total. The van der Waals surface area contributed by atoms with Gasteiger partial charge in [0, 0.05) is 4.47 Å². The fraction of sp³-hybridized carbons (Fsp3) is 0.333. The first-order valence-corrected chi connectivity index (χ1v) is 5.44. The van der Waals surface area contributed by atoms with Crippen LogP contribution >= 0.6 is 31.9 Å². The second kappa shape index (κ2) is 5.00. The van der Waals surface area contributed by atoms with Gasteiger partial charge >= 0.3 is 0 Å². The summed E-state index contributed by atoms with van der Waals surface area (Å²) in [6.45, 7) is -0.0560. The lowest BCUT2D eigenvalue weighted by Crippen LogP contribution is -1.95. The van der Waals surface area contributed by atoms with Gasteiger partial charge in [0.1, 0.15) is 0 Å². The van der Waals surface area contributed by atoms with Crippen LogP contribution in [-0.2, 0) is 6.61 Å². The number of ether oxygens (including phenoxy) is 2. The van der Waals surface area contributed by atoms with E-state index in [9.17, 15) is 0 Å². The molecule has 0 saturated carbocycles. The fourth-order valence-corrected chi connectivity index (χ4v) is 2.12. The van der Waals surface area contributed by atoms with Crippen LogP contribution in [0.25, 0.3) is 0 Å². The van der Waals surface area contributed by atoms with Crippen molar-refractivity contribution in [3.05, 3.63) is 20.6 Å². The van der Waals surface area contributed by atoms with E-state index in [1.807, 2.05) is 0 Å². The third kappa shape index (κ3) is 2.04. The fourth-order valence-electron chi connectivity index (χ4n) is 1.09. The van der Waals surface area contributed by atoms with Gasteiger partial charge in [-0.1, -0.05) is 0 Å². The number of rotatable bonds is 3. The maximum absolute atomic E-state index is 9.08. The number of hydrogen-bond donors (Lipinski definition) is 1. The van der Waals surface area contributed by atoms with Gasteiger partial charge in [-0.15, -0.1) is 0 Å². The Balaban J connectivity index is 3.38. The van der Waals surface area contributed by atoms with E-state index < -0.39 is 0 Å². The first-order valence-electron chi connectivity index (χ1n) is 3.85. The van der Waals surface area contributed by atoms with Crippen LogP contribution in [0.15, 0.2) is 15.0 Å². The Morgan fingerprint density at radius 2 is 1.86 bits per heavy atom. The molecular formula is C9H10Br2O3. The standard InChI is InChI=1S/C9H10Br2O3/c1-13-6-3-5(4-12)7(10)8(11)9(6)14-2/h3,12H,4H2,1-2H3. The van der Waals surface area contributed by atoms with Gasteiger partial charge in [0.05, 0.1) is 25.3 Å². The summed E-state index contributed by atoms with van der Waals surface area (Å²) in [4.78, 5) is 0. The monoisotopic (exact) mass is 324 g/mol. The number of methoxy groups -OCH3 is 2.